The van der Waals surface area contributed by atoms with Crippen LogP contribution in [0.1, 0.15) is 0 Å². The summed E-state index contributed by atoms with van der Waals surface area (Å²) in [4.78, 5) is 3.28. The molecule has 0 unspecified atom stereocenters. The first-order valence-corrected chi connectivity index (χ1v) is 1.76. The predicted octanol–water partition coefficient (Wildman–Crippen LogP) is -2.01. The van der Waals surface area contributed by atoms with Crippen molar-refractivity contribution < 1.29 is 10.0 Å². The maximum atomic E-state index is 8.12. The standard InChI is InChI=1S/C2H7BN2O2/c1-5-2(4)3(6)7/h6-7H,1H3,(H2,4,5). The molecule has 0 aliphatic carbocycles. The van der Waals surface area contributed by atoms with Gasteiger partial charge in [-0.15, -0.1) is 0 Å². The van der Waals surface area contributed by atoms with Crippen LogP contribution in [0.4, 0.5) is 0 Å². The third-order valence-electron chi connectivity index (χ3n) is 0.523. The van der Waals surface area contributed by atoms with E-state index in [-0.39, 0.29) is 5.73 Å². The molecule has 40 valence electrons. The van der Waals surface area contributed by atoms with Gasteiger partial charge in [-0.05, 0) is 0 Å². The normalized spacial score (nSPS) is 11.6. The summed E-state index contributed by atoms with van der Waals surface area (Å²) in [6.45, 7) is 0. The minimum atomic E-state index is -1.61. The van der Waals surface area contributed by atoms with Crippen LogP contribution in [0.15, 0.2) is 4.99 Å². The third kappa shape index (κ3) is 2.19. The van der Waals surface area contributed by atoms with Gasteiger partial charge in [-0.1, -0.05) is 0 Å². The molecule has 7 heavy (non-hydrogen) atoms. The van der Waals surface area contributed by atoms with Crippen molar-refractivity contribution in [1.29, 1.82) is 0 Å². The lowest BCUT2D eigenvalue weighted by molar-refractivity contribution is 0.429. The van der Waals surface area contributed by atoms with Crippen molar-refractivity contribution in [2.75, 3.05) is 7.05 Å². The Kier molecular flexibility index (Phi) is 2.40. The van der Waals surface area contributed by atoms with Crippen molar-refractivity contribution >= 4 is 12.9 Å². The van der Waals surface area contributed by atoms with E-state index < -0.39 is 7.12 Å². The molecule has 0 saturated carbocycles. The molecule has 0 spiro atoms. The monoisotopic (exact) mass is 102 g/mol. The predicted molar refractivity (Wildman–Crippen MR) is 27.7 cm³/mol. The number of hydrogen-bond acceptors (Lipinski definition) is 3. The Morgan fingerprint density at radius 1 is 1.71 bits per heavy atom. The molecule has 0 aliphatic heterocycles. The van der Waals surface area contributed by atoms with Gasteiger partial charge in [0.05, 0.1) is 0 Å². The van der Waals surface area contributed by atoms with Gasteiger partial charge < -0.3 is 15.8 Å². The van der Waals surface area contributed by atoms with Gasteiger partial charge >= 0.3 is 7.12 Å². The van der Waals surface area contributed by atoms with Crippen molar-refractivity contribution in [3.63, 3.8) is 0 Å². The Balaban J connectivity index is 3.56. The summed E-state index contributed by atoms with van der Waals surface area (Å²) in [6, 6.07) is 0. The lowest BCUT2D eigenvalue weighted by Gasteiger charge is -1.91. The maximum absolute atomic E-state index is 8.12. The van der Waals surface area contributed by atoms with Crippen molar-refractivity contribution in [2.45, 2.75) is 0 Å². The van der Waals surface area contributed by atoms with Gasteiger partial charge in [0.2, 0.25) is 0 Å². The van der Waals surface area contributed by atoms with Crippen LogP contribution in [0.25, 0.3) is 0 Å². The van der Waals surface area contributed by atoms with Gasteiger partial charge in [-0.2, -0.15) is 0 Å². The fourth-order valence-electron chi connectivity index (χ4n) is 0.115. The summed E-state index contributed by atoms with van der Waals surface area (Å²) in [5.41, 5.74) is 4.70. The van der Waals surface area contributed by atoms with E-state index in [2.05, 4.69) is 4.99 Å². The number of nitrogens with zero attached hydrogens (tertiary/aromatic N) is 1. The van der Waals surface area contributed by atoms with Gasteiger partial charge in [0, 0.05) is 7.05 Å². The molecule has 4 N–H and O–H groups in total. The highest BCUT2D eigenvalue weighted by Gasteiger charge is 2.09. The van der Waals surface area contributed by atoms with Crippen LogP contribution in [-0.2, 0) is 0 Å². The van der Waals surface area contributed by atoms with E-state index in [1.807, 2.05) is 0 Å². The topological polar surface area (TPSA) is 78.8 Å². The van der Waals surface area contributed by atoms with Crippen molar-refractivity contribution in [2.24, 2.45) is 10.7 Å². The van der Waals surface area contributed by atoms with E-state index in [0.717, 1.165) is 0 Å². The zero-order valence-corrected chi connectivity index (χ0v) is 4.00. The first kappa shape index (κ1) is 6.45. The molecule has 0 rings (SSSR count). The van der Waals surface area contributed by atoms with E-state index in [0.29, 0.717) is 0 Å². The summed E-state index contributed by atoms with van der Waals surface area (Å²) in [6.07, 6.45) is 0. The fraction of sp³-hybridized carbons (Fsp3) is 0.500. The number of aliphatic imine (C=N–C) groups is 1. The average molecular weight is 102 g/mol. The van der Waals surface area contributed by atoms with Crippen molar-refractivity contribution in [3.8, 4) is 0 Å². The molecule has 0 aliphatic rings. The molecule has 0 atom stereocenters. The zero-order chi connectivity index (χ0) is 5.86. The molecule has 0 saturated heterocycles. The minimum absolute atomic E-state index is 0.167. The molecule has 0 radical (unpaired) electrons. The SMILES string of the molecule is CN=C(N)B(O)O. The van der Waals surface area contributed by atoms with Crippen LogP contribution in [0.2, 0.25) is 0 Å². The fourth-order valence-corrected chi connectivity index (χ4v) is 0.115. The second-order valence-corrected chi connectivity index (χ2v) is 1.02. The molecule has 4 nitrogen and oxygen atoms in total. The smallest absolute Gasteiger partial charge is 0.421 e. The Morgan fingerprint density at radius 2 is 2.14 bits per heavy atom. The quantitative estimate of drug-likeness (QED) is 0.203. The van der Waals surface area contributed by atoms with E-state index in [9.17, 15) is 0 Å². The number of amidine groups is 1. The van der Waals surface area contributed by atoms with E-state index in [1.54, 1.807) is 0 Å². The molecule has 5 heteroatoms. The summed E-state index contributed by atoms with van der Waals surface area (Å²) in [5, 5.41) is 16.2. The molecular formula is C2H7BN2O2. The molecule has 0 bridgehead atoms. The first-order chi connectivity index (χ1) is 3.18. The van der Waals surface area contributed by atoms with Crippen LogP contribution in [0, 0.1) is 0 Å². The Hall–Kier alpha value is -0.545. The molecule has 0 amide bonds. The van der Waals surface area contributed by atoms with Gasteiger partial charge in [0.25, 0.3) is 0 Å². The van der Waals surface area contributed by atoms with Gasteiger partial charge in [0.1, 0.15) is 5.73 Å². The van der Waals surface area contributed by atoms with E-state index >= 15 is 0 Å². The van der Waals surface area contributed by atoms with Crippen LogP contribution >= 0.6 is 0 Å². The number of nitrogens with two attached hydrogens (primary N) is 1. The summed E-state index contributed by atoms with van der Waals surface area (Å²) in [5.74, 6) is 0. The summed E-state index contributed by atoms with van der Waals surface area (Å²) < 4.78 is 0. The third-order valence-corrected chi connectivity index (χ3v) is 0.523. The van der Waals surface area contributed by atoms with Crippen LogP contribution in [-0.4, -0.2) is 29.9 Å². The molecule has 0 fully saturated rings. The van der Waals surface area contributed by atoms with Crippen LogP contribution < -0.4 is 5.73 Å². The lowest BCUT2D eigenvalue weighted by Crippen LogP contribution is -2.33. The highest BCUT2D eigenvalue weighted by atomic mass is 16.4. The number of hydrogen-bond donors (Lipinski definition) is 3. The van der Waals surface area contributed by atoms with E-state index in [4.69, 9.17) is 15.8 Å². The largest absolute Gasteiger partial charge is 0.525 e. The highest BCUT2D eigenvalue weighted by molar-refractivity contribution is 6.79. The van der Waals surface area contributed by atoms with Crippen molar-refractivity contribution in [3.05, 3.63) is 0 Å². The van der Waals surface area contributed by atoms with Gasteiger partial charge in [-0.3, -0.25) is 4.99 Å². The minimum Gasteiger partial charge on any atom is -0.421 e. The van der Waals surface area contributed by atoms with E-state index in [1.165, 1.54) is 7.05 Å². The van der Waals surface area contributed by atoms with Gasteiger partial charge in [0.15, 0.2) is 0 Å². The zero-order valence-electron chi connectivity index (χ0n) is 4.00. The van der Waals surface area contributed by atoms with Crippen molar-refractivity contribution in [1.82, 2.24) is 0 Å². The lowest BCUT2D eigenvalue weighted by atomic mass is 9.90. The molecule has 0 aromatic heterocycles. The number of rotatable bonds is 1. The molecule has 0 heterocycles. The second kappa shape index (κ2) is 2.60. The molecule has 0 aromatic rings. The molecule has 0 aromatic carbocycles. The van der Waals surface area contributed by atoms with Gasteiger partial charge in [-0.25, -0.2) is 0 Å². The second-order valence-electron chi connectivity index (χ2n) is 1.02. The van der Waals surface area contributed by atoms with Crippen LogP contribution in [0.3, 0.4) is 0 Å². The Bertz CT molecular complexity index is 81.8. The first-order valence-electron chi connectivity index (χ1n) is 1.76. The summed E-state index contributed by atoms with van der Waals surface area (Å²) >= 11 is 0. The summed E-state index contributed by atoms with van der Waals surface area (Å²) in [7, 11) is -0.223. The highest BCUT2D eigenvalue weighted by Crippen LogP contribution is 1.65. The maximum Gasteiger partial charge on any atom is 0.525 e. The average Bonchev–Trinajstić information content (AvgIpc) is 1.65. The van der Waals surface area contributed by atoms with Crippen LogP contribution in [0.5, 0.6) is 0 Å². The molecular weight excluding hydrogens is 94.8 g/mol. The Morgan fingerprint density at radius 3 is 2.14 bits per heavy atom. The Labute approximate surface area is 41.8 Å².